The average Bonchev–Trinajstić information content (AvgIpc) is 2.12. The number of ketones is 1. The largest absolute Gasteiger partial charge is 0.306 e. The van der Waals surface area contributed by atoms with Crippen molar-refractivity contribution in [2.75, 3.05) is 20.1 Å². The molecule has 3 nitrogen and oxygen atoms in total. The first-order valence-corrected chi connectivity index (χ1v) is 6.38. The Morgan fingerprint density at radius 3 is 2.25 bits per heavy atom. The number of nitrogens with zero attached hydrogens (tertiary/aromatic N) is 1. The van der Waals surface area contributed by atoms with E-state index in [2.05, 4.69) is 31.1 Å². The Balaban J connectivity index is 2.47. The number of hydrogen-bond donors (Lipinski definition) is 1. The third kappa shape index (κ3) is 3.87. The maximum absolute atomic E-state index is 12.1. The molecule has 1 heterocycles. The molecule has 0 aliphatic carbocycles. The molecule has 0 aromatic rings. The van der Waals surface area contributed by atoms with Gasteiger partial charge in [-0.05, 0) is 19.4 Å². The Hall–Kier alpha value is -0.410. The topological polar surface area (TPSA) is 32.3 Å². The quantitative estimate of drug-likeness (QED) is 0.745. The molecule has 0 radical (unpaired) electrons. The summed E-state index contributed by atoms with van der Waals surface area (Å²) in [6.07, 6.45) is 1.000. The molecule has 0 amide bonds. The van der Waals surface area contributed by atoms with Crippen LogP contribution in [0.4, 0.5) is 0 Å². The number of Topliss-reactive ketones (excluding diaryl/α,β-unsaturated/α-hetero) is 1. The zero-order valence-corrected chi connectivity index (χ0v) is 11.3. The molecule has 1 atom stereocenters. The first-order valence-electron chi connectivity index (χ1n) is 6.38. The highest BCUT2D eigenvalue weighted by Crippen LogP contribution is 2.20. The lowest BCUT2D eigenvalue weighted by molar-refractivity contribution is -0.125. The van der Waals surface area contributed by atoms with E-state index in [9.17, 15) is 4.79 Å². The second-order valence-corrected chi connectivity index (χ2v) is 5.75. The molecule has 0 spiro atoms. The van der Waals surface area contributed by atoms with Crippen molar-refractivity contribution in [2.24, 2.45) is 11.8 Å². The summed E-state index contributed by atoms with van der Waals surface area (Å²) in [5.74, 6) is 1.20. The van der Waals surface area contributed by atoms with Crippen LogP contribution in [0.1, 0.15) is 34.1 Å². The lowest BCUT2D eigenvalue weighted by Gasteiger charge is -2.38. The number of carbonyl (C=O) groups excluding carboxylic acids is 1. The van der Waals surface area contributed by atoms with Gasteiger partial charge in [0.05, 0.1) is 6.04 Å². The predicted octanol–water partition coefficient (Wildman–Crippen LogP) is 1.53. The van der Waals surface area contributed by atoms with E-state index in [-0.39, 0.29) is 12.0 Å². The molecular formula is C13H26N2O. The molecule has 0 aromatic heterocycles. The van der Waals surface area contributed by atoms with Crippen molar-refractivity contribution in [2.45, 2.75) is 46.2 Å². The van der Waals surface area contributed by atoms with Crippen molar-refractivity contribution in [1.29, 1.82) is 0 Å². The van der Waals surface area contributed by atoms with Gasteiger partial charge in [-0.1, -0.05) is 27.7 Å². The number of hydrogen-bond acceptors (Lipinski definition) is 3. The molecular weight excluding hydrogens is 200 g/mol. The molecule has 1 aliphatic heterocycles. The molecule has 1 unspecified atom stereocenters. The predicted molar refractivity (Wildman–Crippen MR) is 67.5 cm³/mol. The van der Waals surface area contributed by atoms with E-state index in [0.717, 1.165) is 19.5 Å². The van der Waals surface area contributed by atoms with Gasteiger partial charge in [-0.15, -0.1) is 0 Å². The minimum atomic E-state index is 0.0544. The van der Waals surface area contributed by atoms with Gasteiger partial charge < -0.3 is 10.2 Å². The van der Waals surface area contributed by atoms with Crippen LogP contribution in [0.25, 0.3) is 0 Å². The van der Waals surface area contributed by atoms with Crippen molar-refractivity contribution in [3.05, 3.63) is 0 Å². The molecule has 0 aromatic carbocycles. The Bertz CT molecular complexity index is 232. The van der Waals surface area contributed by atoms with Gasteiger partial charge in [0.15, 0.2) is 5.78 Å². The van der Waals surface area contributed by atoms with Crippen molar-refractivity contribution in [3.63, 3.8) is 0 Å². The molecule has 94 valence electrons. The average molecular weight is 226 g/mol. The second kappa shape index (κ2) is 5.78. The summed E-state index contributed by atoms with van der Waals surface area (Å²) in [7, 11) is 2.13. The Morgan fingerprint density at radius 1 is 1.31 bits per heavy atom. The van der Waals surface area contributed by atoms with Gasteiger partial charge in [0, 0.05) is 25.0 Å². The first-order chi connectivity index (χ1) is 7.40. The van der Waals surface area contributed by atoms with Crippen molar-refractivity contribution in [1.82, 2.24) is 10.2 Å². The van der Waals surface area contributed by atoms with E-state index in [1.54, 1.807) is 0 Å². The summed E-state index contributed by atoms with van der Waals surface area (Å²) in [4.78, 5) is 14.4. The molecule has 1 rings (SSSR count). The maximum Gasteiger partial charge on any atom is 0.152 e. The van der Waals surface area contributed by atoms with Crippen LogP contribution in [0.3, 0.4) is 0 Å². The summed E-state index contributed by atoms with van der Waals surface area (Å²) in [5.41, 5.74) is 0. The van der Waals surface area contributed by atoms with E-state index in [4.69, 9.17) is 0 Å². The Kier molecular flexibility index (Phi) is 4.93. The molecule has 1 fully saturated rings. The lowest BCUT2D eigenvalue weighted by atomic mass is 9.88. The molecule has 1 saturated heterocycles. The standard InChI is InChI=1S/C13H26N2O/c1-9(2)13(16)12(14-10(3)4)6-11-7-15(5)8-11/h9-12,14H,6-8H2,1-5H3. The fourth-order valence-electron chi connectivity index (χ4n) is 2.38. The number of nitrogens with one attached hydrogen (secondary N) is 1. The third-order valence-electron chi connectivity index (χ3n) is 3.16. The van der Waals surface area contributed by atoms with Crippen molar-refractivity contribution < 1.29 is 4.79 Å². The zero-order chi connectivity index (χ0) is 12.3. The minimum absolute atomic E-state index is 0.0544. The van der Waals surface area contributed by atoms with Crippen LogP contribution >= 0.6 is 0 Å². The fourth-order valence-corrected chi connectivity index (χ4v) is 2.38. The summed E-state index contributed by atoms with van der Waals surface area (Å²) in [6, 6.07) is 0.434. The molecule has 1 N–H and O–H groups in total. The smallest absolute Gasteiger partial charge is 0.152 e. The molecule has 1 aliphatic rings. The fraction of sp³-hybridized carbons (Fsp3) is 0.923. The van der Waals surface area contributed by atoms with Gasteiger partial charge in [0.2, 0.25) is 0 Å². The zero-order valence-electron chi connectivity index (χ0n) is 11.3. The number of likely N-dealkylation sites (tertiary alicyclic amines) is 1. The molecule has 0 saturated carbocycles. The summed E-state index contributed by atoms with van der Waals surface area (Å²) in [6.45, 7) is 10.5. The van der Waals surface area contributed by atoms with Gasteiger partial charge in [-0.3, -0.25) is 4.79 Å². The maximum atomic E-state index is 12.1. The Morgan fingerprint density at radius 2 is 1.88 bits per heavy atom. The minimum Gasteiger partial charge on any atom is -0.306 e. The molecule has 0 bridgehead atoms. The van der Waals surface area contributed by atoms with Crippen LogP contribution in [0, 0.1) is 11.8 Å². The van der Waals surface area contributed by atoms with E-state index in [1.807, 2.05) is 13.8 Å². The SMILES string of the molecule is CC(C)NC(CC1CN(C)C1)C(=O)C(C)C. The highest BCUT2D eigenvalue weighted by molar-refractivity contribution is 5.85. The van der Waals surface area contributed by atoms with E-state index in [1.165, 1.54) is 0 Å². The van der Waals surface area contributed by atoms with Gasteiger partial charge in [0.25, 0.3) is 0 Å². The summed E-state index contributed by atoms with van der Waals surface area (Å²) < 4.78 is 0. The number of carbonyl (C=O) groups is 1. The van der Waals surface area contributed by atoms with Crippen LogP contribution in [0.2, 0.25) is 0 Å². The summed E-state index contributed by atoms with van der Waals surface area (Å²) >= 11 is 0. The normalized spacial score (nSPS) is 20.2. The van der Waals surface area contributed by atoms with Crippen LogP contribution in [-0.4, -0.2) is 42.9 Å². The van der Waals surface area contributed by atoms with Gasteiger partial charge in [0.1, 0.15) is 0 Å². The van der Waals surface area contributed by atoms with Crippen LogP contribution in [-0.2, 0) is 4.79 Å². The van der Waals surface area contributed by atoms with Crippen molar-refractivity contribution in [3.8, 4) is 0 Å². The van der Waals surface area contributed by atoms with Crippen LogP contribution < -0.4 is 5.32 Å². The van der Waals surface area contributed by atoms with E-state index < -0.39 is 0 Å². The second-order valence-electron chi connectivity index (χ2n) is 5.75. The van der Waals surface area contributed by atoms with Crippen LogP contribution in [0.15, 0.2) is 0 Å². The molecule has 16 heavy (non-hydrogen) atoms. The Labute approximate surface area is 99.6 Å². The third-order valence-corrected chi connectivity index (χ3v) is 3.16. The van der Waals surface area contributed by atoms with E-state index in [0.29, 0.717) is 17.7 Å². The monoisotopic (exact) mass is 226 g/mol. The van der Waals surface area contributed by atoms with E-state index >= 15 is 0 Å². The lowest BCUT2D eigenvalue weighted by Crippen LogP contribution is -2.50. The van der Waals surface area contributed by atoms with Crippen molar-refractivity contribution >= 4 is 5.78 Å². The van der Waals surface area contributed by atoms with Gasteiger partial charge >= 0.3 is 0 Å². The first kappa shape index (κ1) is 13.7. The highest BCUT2D eigenvalue weighted by Gasteiger charge is 2.30. The number of rotatable bonds is 6. The van der Waals surface area contributed by atoms with Gasteiger partial charge in [-0.25, -0.2) is 0 Å². The highest BCUT2D eigenvalue weighted by atomic mass is 16.1. The summed E-state index contributed by atoms with van der Waals surface area (Å²) in [5, 5.41) is 3.41. The van der Waals surface area contributed by atoms with Crippen LogP contribution in [0.5, 0.6) is 0 Å². The van der Waals surface area contributed by atoms with Gasteiger partial charge in [-0.2, -0.15) is 0 Å². The molecule has 3 heteroatoms.